The maximum atomic E-state index is 12.1. The molecule has 0 aliphatic carbocycles. The monoisotopic (exact) mass is 292 g/mol. The number of hydrogen-bond donors (Lipinski definition) is 2. The van der Waals surface area contributed by atoms with Crippen LogP contribution in [0.25, 0.3) is 0 Å². The highest BCUT2D eigenvalue weighted by molar-refractivity contribution is 6.03. The first-order valence-electron chi connectivity index (χ1n) is 7.43. The van der Waals surface area contributed by atoms with Crippen LogP contribution in [0.2, 0.25) is 0 Å². The van der Waals surface area contributed by atoms with Crippen molar-refractivity contribution in [1.29, 1.82) is 0 Å². The van der Waals surface area contributed by atoms with E-state index in [1.54, 1.807) is 24.3 Å². The van der Waals surface area contributed by atoms with Crippen LogP contribution in [0.3, 0.4) is 0 Å². The summed E-state index contributed by atoms with van der Waals surface area (Å²) in [5.41, 5.74) is 1.04. The van der Waals surface area contributed by atoms with E-state index in [2.05, 4.69) is 10.6 Å². The van der Waals surface area contributed by atoms with E-state index in [0.29, 0.717) is 37.4 Å². The van der Waals surface area contributed by atoms with Gasteiger partial charge in [-0.3, -0.25) is 9.59 Å². The second-order valence-corrected chi connectivity index (χ2v) is 4.65. The van der Waals surface area contributed by atoms with E-state index in [4.69, 9.17) is 4.74 Å². The fourth-order valence-electron chi connectivity index (χ4n) is 1.85. The van der Waals surface area contributed by atoms with Crippen molar-refractivity contribution in [1.82, 2.24) is 5.32 Å². The molecule has 0 fully saturated rings. The molecule has 1 rings (SSSR count). The lowest BCUT2D eigenvalue weighted by Crippen LogP contribution is -2.26. The van der Waals surface area contributed by atoms with Crippen LogP contribution in [0.1, 0.15) is 43.5 Å². The summed E-state index contributed by atoms with van der Waals surface area (Å²) in [4.78, 5) is 23.8. The zero-order valence-corrected chi connectivity index (χ0v) is 12.8. The van der Waals surface area contributed by atoms with Gasteiger partial charge in [-0.05, 0) is 31.9 Å². The molecule has 0 bridgehead atoms. The Labute approximate surface area is 126 Å². The van der Waals surface area contributed by atoms with Gasteiger partial charge in [-0.15, -0.1) is 0 Å². The van der Waals surface area contributed by atoms with Crippen molar-refractivity contribution in [2.24, 2.45) is 0 Å². The number of nitrogens with one attached hydrogen (secondary N) is 2. The predicted molar refractivity (Wildman–Crippen MR) is 83.4 cm³/mol. The lowest BCUT2D eigenvalue weighted by molar-refractivity contribution is -0.116. The summed E-state index contributed by atoms with van der Waals surface area (Å²) in [7, 11) is 0. The lowest BCUT2D eigenvalue weighted by atomic mass is 10.1. The molecule has 0 saturated carbocycles. The number of amides is 2. The molecule has 1 aromatic rings. The molecule has 0 unspecified atom stereocenters. The zero-order valence-electron chi connectivity index (χ0n) is 12.8. The molecule has 0 atom stereocenters. The first kappa shape index (κ1) is 17.2. The molecule has 0 aliphatic rings. The van der Waals surface area contributed by atoms with Crippen LogP contribution in [0.15, 0.2) is 24.3 Å². The van der Waals surface area contributed by atoms with E-state index in [-0.39, 0.29) is 11.8 Å². The van der Waals surface area contributed by atoms with E-state index in [0.717, 1.165) is 12.8 Å². The molecule has 0 aliphatic heterocycles. The fraction of sp³-hybridized carbons (Fsp3) is 0.500. The summed E-state index contributed by atoms with van der Waals surface area (Å²) in [6.07, 6.45) is 1.99. The molecule has 5 nitrogen and oxygen atoms in total. The molecular weight excluding hydrogens is 268 g/mol. The van der Waals surface area contributed by atoms with Crippen molar-refractivity contribution in [3.8, 4) is 0 Å². The number of benzene rings is 1. The number of para-hydroxylation sites is 1. The summed E-state index contributed by atoms with van der Waals surface area (Å²) in [6, 6.07) is 7.03. The molecule has 5 heteroatoms. The number of carbonyl (C=O) groups excluding carboxylic acids is 2. The van der Waals surface area contributed by atoms with Crippen LogP contribution in [0, 0.1) is 0 Å². The van der Waals surface area contributed by atoms with Gasteiger partial charge in [0.2, 0.25) is 5.91 Å². The lowest BCUT2D eigenvalue weighted by Gasteiger charge is -2.11. The normalized spacial score (nSPS) is 10.2. The molecule has 21 heavy (non-hydrogen) atoms. The van der Waals surface area contributed by atoms with E-state index < -0.39 is 0 Å². The molecular formula is C16H24N2O3. The molecule has 0 saturated heterocycles. The van der Waals surface area contributed by atoms with Gasteiger partial charge in [0.05, 0.1) is 11.3 Å². The average molecular weight is 292 g/mol. The van der Waals surface area contributed by atoms with E-state index in [1.165, 1.54) is 0 Å². The van der Waals surface area contributed by atoms with Gasteiger partial charge in [0.25, 0.3) is 5.91 Å². The summed E-state index contributed by atoms with van der Waals surface area (Å²) in [5, 5.41) is 5.61. The summed E-state index contributed by atoms with van der Waals surface area (Å²) in [5.74, 6) is -0.256. The Kier molecular flexibility index (Phi) is 8.12. The van der Waals surface area contributed by atoms with Crippen molar-refractivity contribution < 1.29 is 14.3 Å². The Balaban J connectivity index is 2.56. The average Bonchev–Trinajstić information content (AvgIpc) is 2.47. The SMILES string of the molecule is CCCC(=O)Nc1ccccc1C(=O)NCCCOCC. The largest absolute Gasteiger partial charge is 0.382 e. The van der Waals surface area contributed by atoms with Crippen molar-refractivity contribution >= 4 is 17.5 Å². The van der Waals surface area contributed by atoms with Crippen molar-refractivity contribution in [2.75, 3.05) is 25.1 Å². The first-order valence-corrected chi connectivity index (χ1v) is 7.43. The third-order valence-corrected chi connectivity index (χ3v) is 2.88. The van der Waals surface area contributed by atoms with Crippen molar-refractivity contribution in [2.45, 2.75) is 33.1 Å². The summed E-state index contributed by atoms with van der Waals surface area (Å²) < 4.78 is 5.22. The van der Waals surface area contributed by atoms with E-state index >= 15 is 0 Å². The number of hydrogen-bond acceptors (Lipinski definition) is 3. The number of ether oxygens (including phenoxy) is 1. The third-order valence-electron chi connectivity index (χ3n) is 2.88. The number of carbonyl (C=O) groups is 2. The molecule has 0 radical (unpaired) electrons. The summed E-state index contributed by atoms with van der Waals surface area (Å²) in [6.45, 7) is 5.74. The van der Waals surface area contributed by atoms with Crippen LogP contribution in [-0.2, 0) is 9.53 Å². The number of anilines is 1. The molecule has 2 N–H and O–H groups in total. The molecule has 0 spiro atoms. The first-order chi connectivity index (χ1) is 10.2. The van der Waals surface area contributed by atoms with E-state index in [9.17, 15) is 9.59 Å². The predicted octanol–water partition coefficient (Wildman–Crippen LogP) is 2.58. The smallest absolute Gasteiger partial charge is 0.253 e. The standard InChI is InChI=1S/C16H24N2O3/c1-3-8-15(19)18-14-10-6-5-9-13(14)16(20)17-11-7-12-21-4-2/h5-6,9-10H,3-4,7-8,11-12H2,1-2H3,(H,17,20)(H,18,19). The van der Waals surface area contributed by atoms with Crippen molar-refractivity contribution in [3.05, 3.63) is 29.8 Å². The quantitative estimate of drug-likeness (QED) is 0.687. The Bertz CT molecular complexity index is 461. The molecule has 2 amide bonds. The van der Waals surface area contributed by atoms with Gasteiger partial charge < -0.3 is 15.4 Å². The van der Waals surface area contributed by atoms with Crippen LogP contribution in [0.5, 0.6) is 0 Å². The zero-order chi connectivity index (χ0) is 15.5. The Morgan fingerprint density at radius 3 is 2.67 bits per heavy atom. The third kappa shape index (κ3) is 6.40. The van der Waals surface area contributed by atoms with Crippen LogP contribution in [-0.4, -0.2) is 31.6 Å². The topological polar surface area (TPSA) is 67.4 Å². The van der Waals surface area contributed by atoms with Gasteiger partial charge in [0.15, 0.2) is 0 Å². The molecule has 0 aromatic heterocycles. The Hall–Kier alpha value is -1.88. The molecule has 116 valence electrons. The van der Waals surface area contributed by atoms with Crippen LogP contribution >= 0.6 is 0 Å². The maximum Gasteiger partial charge on any atom is 0.253 e. The van der Waals surface area contributed by atoms with Crippen LogP contribution in [0.4, 0.5) is 5.69 Å². The minimum absolute atomic E-state index is 0.0749. The maximum absolute atomic E-state index is 12.1. The van der Waals surface area contributed by atoms with Crippen molar-refractivity contribution in [3.63, 3.8) is 0 Å². The van der Waals surface area contributed by atoms with Gasteiger partial charge in [-0.1, -0.05) is 19.1 Å². The Morgan fingerprint density at radius 2 is 1.95 bits per heavy atom. The Morgan fingerprint density at radius 1 is 1.19 bits per heavy atom. The second-order valence-electron chi connectivity index (χ2n) is 4.65. The fourth-order valence-corrected chi connectivity index (χ4v) is 1.85. The molecule has 0 heterocycles. The minimum Gasteiger partial charge on any atom is -0.382 e. The highest BCUT2D eigenvalue weighted by Gasteiger charge is 2.12. The minimum atomic E-state index is -0.182. The van der Waals surface area contributed by atoms with E-state index in [1.807, 2.05) is 13.8 Å². The van der Waals surface area contributed by atoms with Gasteiger partial charge in [0.1, 0.15) is 0 Å². The van der Waals surface area contributed by atoms with Gasteiger partial charge in [-0.25, -0.2) is 0 Å². The van der Waals surface area contributed by atoms with Gasteiger partial charge in [-0.2, -0.15) is 0 Å². The van der Waals surface area contributed by atoms with Gasteiger partial charge >= 0.3 is 0 Å². The molecule has 1 aromatic carbocycles. The highest BCUT2D eigenvalue weighted by atomic mass is 16.5. The summed E-state index contributed by atoms with van der Waals surface area (Å²) >= 11 is 0. The van der Waals surface area contributed by atoms with Crippen LogP contribution < -0.4 is 10.6 Å². The highest BCUT2D eigenvalue weighted by Crippen LogP contribution is 2.15. The number of rotatable bonds is 9. The second kappa shape index (κ2) is 9.94. The van der Waals surface area contributed by atoms with Gasteiger partial charge in [0, 0.05) is 26.2 Å².